The van der Waals surface area contributed by atoms with Crippen LogP contribution in [0.4, 0.5) is 4.39 Å². The van der Waals surface area contributed by atoms with Gasteiger partial charge in [-0.3, -0.25) is 4.90 Å². The molecule has 2 rings (SSSR count). The lowest BCUT2D eigenvalue weighted by Crippen LogP contribution is -2.24. The fourth-order valence-corrected chi connectivity index (χ4v) is 2.76. The van der Waals surface area contributed by atoms with Crippen LogP contribution in [0.15, 0.2) is 24.3 Å². The quantitative estimate of drug-likeness (QED) is 0.785. The van der Waals surface area contributed by atoms with Crippen LogP contribution >= 0.6 is 0 Å². The smallest absolute Gasteiger partial charge is 0.123 e. The van der Waals surface area contributed by atoms with Gasteiger partial charge in [-0.25, -0.2) is 4.39 Å². The summed E-state index contributed by atoms with van der Waals surface area (Å²) in [5.74, 6) is -0.161. The Labute approximate surface area is 108 Å². The maximum Gasteiger partial charge on any atom is 0.123 e. The van der Waals surface area contributed by atoms with Crippen LogP contribution in [0.5, 0.6) is 0 Å². The molecule has 0 bridgehead atoms. The van der Waals surface area contributed by atoms with E-state index in [0.717, 1.165) is 32.4 Å². The zero-order valence-corrected chi connectivity index (χ0v) is 10.8. The average Bonchev–Trinajstić information content (AvgIpc) is 2.84. The molecule has 0 aromatic heterocycles. The van der Waals surface area contributed by atoms with Crippen molar-refractivity contribution in [1.82, 2.24) is 4.90 Å². The standard InChI is InChI=1S/C15H22FNO/c16-14-8-6-13(7-9-14)15-5-4-11-17(15)10-2-1-3-12-18/h6-9,15,18H,1-5,10-12H2. The molecule has 1 heterocycles. The Morgan fingerprint density at radius 2 is 1.94 bits per heavy atom. The molecule has 0 radical (unpaired) electrons. The van der Waals surface area contributed by atoms with Gasteiger partial charge in [0.1, 0.15) is 5.82 Å². The summed E-state index contributed by atoms with van der Waals surface area (Å²) in [4.78, 5) is 2.49. The van der Waals surface area contributed by atoms with Gasteiger partial charge >= 0.3 is 0 Å². The van der Waals surface area contributed by atoms with Crippen LogP contribution in [-0.4, -0.2) is 29.7 Å². The average molecular weight is 251 g/mol. The molecule has 1 saturated heterocycles. The van der Waals surface area contributed by atoms with Crippen LogP contribution in [0.3, 0.4) is 0 Å². The molecule has 1 unspecified atom stereocenters. The Hall–Kier alpha value is -0.930. The lowest BCUT2D eigenvalue weighted by atomic mass is 10.0. The summed E-state index contributed by atoms with van der Waals surface area (Å²) >= 11 is 0. The summed E-state index contributed by atoms with van der Waals surface area (Å²) in [7, 11) is 0. The number of aliphatic hydroxyl groups excluding tert-OH is 1. The van der Waals surface area contributed by atoms with E-state index in [1.807, 2.05) is 12.1 Å². The lowest BCUT2D eigenvalue weighted by Gasteiger charge is -2.24. The molecule has 0 amide bonds. The summed E-state index contributed by atoms with van der Waals surface area (Å²) < 4.78 is 12.9. The number of unbranched alkanes of at least 4 members (excludes halogenated alkanes) is 2. The van der Waals surface area contributed by atoms with E-state index < -0.39 is 0 Å². The Morgan fingerprint density at radius 1 is 1.17 bits per heavy atom. The number of hydrogen-bond donors (Lipinski definition) is 1. The third-order valence-electron chi connectivity index (χ3n) is 3.72. The van der Waals surface area contributed by atoms with Gasteiger partial charge in [-0.1, -0.05) is 12.1 Å². The molecule has 2 nitrogen and oxygen atoms in total. The van der Waals surface area contributed by atoms with Crippen LogP contribution in [0.2, 0.25) is 0 Å². The SMILES string of the molecule is OCCCCCN1CCCC1c1ccc(F)cc1. The maximum absolute atomic E-state index is 12.9. The highest BCUT2D eigenvalue weighted by molar-refractivity contribution is 5.20. The number of halogens is 1. The van der Waals surface area contributed by atoms with Crippen LogP contribution in [0.25, 0.3) is 0 Å². The van der Waals surface area contributed by atoms with Crippen molar-refractivity contribution in [3.05, 3.63) is 35.6 Å². The van der Waals surface area contributed by atoms with Gasteiger partial charge in [0.15, 0.2) is 0 Å². The molecule has 1 atom stereocenters. The van der Waals surface area contributed by atoms with E-state index in [1.54, 1.807) is 12.1 Å². The van der Waals surface area contributed by atoms with Gasteiger partial charge in [0.25, 0.3) is 0 Å². The Bertz CT molecular complexity index is 352. The monoisotopic (exact) mass is 251 g/mol. The highest BCUT2D eigenvalue weighted by Crippen LogP contribution is 2.31. The minimum absolute atomic E-state index is 0.161. The molecule has 1 N–H and O–H groups in total. The van der Waals surface area contributed by atoms with Crippen molar-refractivity contribution in [1.29, 1.82) is 0 Å². The van der Waals surface area contributed by atoms with E-state index >= 15 is 0 Å². The first-order chi connectivity index (χ1) is 8.81. The number of rotatable bonds is 6. The van der Waals surface area contributed by atoms with Crippen molar-refractivity contribution >= 4 is 0 Å². The topological polar surface area (TPSA) is 23.5 Å². The molecule has 1 fully saturated rings. The number of nitrogens with zero attached hydrogens (tertiary/aromatic N) is 1. The summed E-state index contributed by atoms with van der Waals surface area (Å²) in [5.41, 5.74) is 1.23. The predicted octanol–water partition coefficient (Wildman–Crippen LogP) is 3.13. The molecule has 1 aliphatic rings. The molecule has 1 aromatic rings. The highest BCUT2D eigenvalue weighted by atomic mass is 19.1. The van der Waals surface area contributed by atoms with Crippen molar-refractivity contribution in [2.75, 3.05) is 19.7 Å². The zero-order chi connectivity index (χ0) is 12.8. The van der Waals surface area contributed by atoms with E-state index in [4.69, 9.17) is 5.11 Å². The van der Waals surface area contributed by atoms with E-state index in [9.17, 15) is 4.39 Å². The van der Waals surface area contributed by atoms with Crippen LogP contribution in [-0.2, 0) is 0 Å². The first-order valence-electron chi connectivity index (χ1n) is 6.91. The van der Waals surface area contributed by atoms with E-state index in [2.05, 4.69) is 4.90 Å². The normalized spacial score (nSPS) is 20.4. The first-order valence-corrected chi connectivity index (χ1v) is 6.91. The predicted molar refractivity (Wildman–Crippen MR) is 70.9 cm³/mol. The summed E-state index contributed by atoms with van der Waals surface area (Å²) in [6.07, 6.45) is 5.52. The van der Waals surface area contributed by atoms with Gasteiger partial charge < -0.3 is 5.11 Å². The van der Waals surface area contributed by atoms with Crippen molar-refractivity contribution in [3.8, 4) is 0 Å². The number of likely N-dealkylation sites (tertiary alicyclic amines) is 1. The zero-order valence-electron chi connectivity index (χ0n) is 10.8. The van der Waals surface area contributed by atoms with Gasteiger partial charge in [-0.2, -0.15) is 0 Å². The molecule has 0 saturated carbocycles. The van der Waals surface area contributed by atoms with Gasteiger partial charge in [-0.15, -0.1) is 0 Å². The third-order valence-corrected chi connectivity index (χ3v) is 3.72. The molecule has 3 heteroatoms. The first kappa shape index (κ1) is 13.5. The van der Waals surface area contributed by atoms with Crippen LogP contribution in [0, 0.1) is 5.82 Å². The largest absolute Gasteiger partial charge is 0.396 e. The Morgan fingerprint density at radius 3 is 2.67 bits per heavy atom. The summed E-state index contributed by atoms with van der Waals surface area (Å²) in [6.45, 7) is 2.52. The minimum atomic E-state index is -0.161. The Balaban J connectivity index is 1.88. The fourth-order valence-electron chi connectivity index (χ4n) is 2.76. The second-order valence-electron chi connectivity index (χ2n) is 5.03. The van der Waals surface area contributed by atoms with Crippen LogP contribution < -0.4 is 0 Å². The second kappa shape index (κ2) is 6.86. The van der Waals surface area contributed by atoms with Crippen LogP contribution in [0.1, 0.15) is 43.7 Å². The second-order valence-corrected chi connectivity index (χ2v) is 5.03. The maximum atomic E-state index is 12.9. The van der Waals surface area contributed by atoms with Crippen molar-refractivity contribution in [3.63, 3.8) is 0 Å². The molecule has 0 spiro atoms. The van der Waals surface area contributed by atoms with Crippen molar-refractivity contribution < 1.29 is 9.50 Å². The van der Waals surface area contributed by atoms with E-state index in [0.29, 0.717) is 12.6 Å². The molecule has 1 aromatic carbocycles. The molecule has 1 aliphatic heterocycles. The molecule has 18 heavy (non-hydrogen) atoms. The molecule has 100 valence electrons. The number of benzene rings is 1. The molecular weight excluding hydrogens is 229 g/mol. The lowest BCUT2D eigenvalue weighted by molar-refractivity contribution is 0.241. The number of hydrogen-bond acceptors (Lipinski definition) is 2. The van der Waals surface area contributed by atoms with Crippen molar-refractivity contribution in [2.24, 2.45) is 0 Å². The van der Waals surface area contributed by atoms with E-state index in [-0.39, 0.29) is 5.82 Å². The summed E-state index contributed by atoms with van der Waals surface area (Å²) in [5, 5.41) is 8.77. The van der Waals surface area contributed by atoms with Gasteiger partial charge in [0, 0.05) is 12.6 Å². The van der Waals surface area contributed by atoms with Gasteiger partial charge in [0.2, 0.25) is 0 Å². The molecular formula is C15H22FNO. The van der Waals surface area contributed by atoms with Gasteiger partial charge in [-0.05, 0) is 62.9 Å². The van der Waals surface area contributed by atoms with E-state index in [1.165, 1.54) is 18.4 Å². The highest BCUT2D eigenvalue weighted by Gasteiger charge is 2.25. The number of aliphatic hydroxyl groups is 1. The summed E-state index contributed by atoms with van der Waals surface area (Å²) in [6, 6.07) is 7.38. The van der Waals surface area contributed by atoms with Crippen molar-refractivity contribution in [2.45, 2.75) is 38.1 Å². The minimum Gasteiger partial charge on any atom is -0.396 e. The molecule has 0 aliphatic carbocycles. The Kier molecular flexibility index (Phi) is 5.14. The third kappa shape index (κ3) is 3.53. The fraction of sp³-hybridized carbons (Fsp3) is 0.600. The van der Waals surface area contributed by atoms with Gasteiger partial charge in [0.05, 0.1) is 0 Å².